The summed E-state index contributed by atoms with van der Waals surface area (Å²) in [6, 6.07) is -0.659. The highest BCUT2D eigenvalue weighted by atomic mass is 32.2. The van der Waals surface area contributed by atoms with Crippen molar-refractivity contribution < 1.29 is 17.8 Å². The van der Waals surface area contributed by atoms with E-state index in [1.165, 1.54) is 0 Å². The Hall–Kier alpha value is -0.700. The van der Waals surface area contributed by atoms with Gasteiger partial charge in [0.15, 0.2) is 0 Å². The maximum atomic E-state index is 11.3. The van der Waals surface area contributed by atoms with E-state index in [-0.39, 0.29) is 6.54 Å². The molecule has 0 radical (unpaired) electrons. The van der Waals surface area contributed by atoms with Crippen molar-refractivity contribution in [3.05, 3.63) is 0 Å². The van der Waals surface area contributed by atoms with Crippen LogP contribution in [-0.2, 0) is 14.9 Å². The highest BCUT2D eigenvalue weighted by Crippen LogP contribution is 1.97. The van der Waals surface area contributed by atoms with E-state index in [1.54, 1.807) is 0 Å². The van der Waals surface area contributed by atoms with E-state index in [4.69, 9.17) is 16.0 Å². The maximum absolute atomic E-state index is 11.3. The van der Waals surface area contributed by atoms with Gasteiger partial charge in [-0.2, -0.15) is 8.42 Å². The van der Waals surface area contributed by atoms with Crippen LogP contribution in [0.15, 0.2) is 0 Å². The van der Waals surface area contributed by atoms with E-state index in [2.05, 4.69) is 5.32 Å². The molecule has 0 aliphatic rings. The van der Waals surface area contributed by atoms with E-state index >= 15 is 0 Å². The molecule has 0 spiro atoms. The summed E-state index contributed by atoms with van der Waals surface area (Å²) >= 11 is 0. The first-order valence-corrected chi connectivity index (χ1v) is 6.66. The SMILES string of the molecule is NCCCC[C@H](N)C(=O)NCCS(=O)(=O)O. The molecule has 16 heavy (non-hydrogen) atoms. The Morgan fingerprint density at radius 1 is 1.38 bits per heavy atom. The van der Waals surface area contributed by atoms with Gasteiger partial charge in [-0.3, -0.25) is 9.35 Å². The van der Waals surface area contributed by atoms with Gasteiger partial charge in [-0.25, -0.2) is 0 Å². The fourth-order valence-corrected chi connectivity index (χ4v) is 1.43. The minimum absolute atomic E-state index is 0.137. The molecule has 0 bridgehead atoms. The van der Waals surface area contributed by atoms with Gasteiger partial charge in [-0.05, 0) is 19.4 Å². The Bertz CT molecular complexity index is 304. The Morgan fingerprint density at radius 3 is 2.50 bits per heavy atom. The molecule has 0 aromatic carbocycles. The fourth-order valence-electron chi connectivity index (χ4n) is 1.07. The Kier molecular flexibility index (Phi) is 7.22. The molecule has 0 aliphatic heterocycles. The lowest BCUT2D eigenvalue weighted by molar-refractivity contribution is -0.122. The highest BCUT2D eigenvalue weighted by Gasteiger charge is 2.13. The normalized spacial score (nSPS) is 13.4. The van der Waals surface area contributed by atoms with Gasteiger partial charge in [-0.1, -0.05) is 6.42 Å². The van der Waals surface area contributed by atoms with Crippen molar-refractivity contribution >= 4 is 16.0 Å². The number of carbonyl (C=O) groups is 1. The number of unbranched alkanes of at least 4 members (excludes halogenated alkanes) is 1. The van der Waals surface area contributed by atoms with Crippen molar-refractivity contribution in [2.45, 2.75) is 25.3 Å². The standard InChI is InChI=1S/C8H19N3O4S/c9-4-2-1-3-7(10)8(12)11-5-6-16(13,14)15/h7H,1-6,9-10H2,(H,11,12)(H,13,14,15)/t7-/m0/s1. The quantitative estimate of drug-likeness (QED) is 0.305. The summed E-state index contributed by atoms with van der Waals surface area (Å²) in [5, 5.41) is 2.33. The van der Waals surface area contributed by atoms with Crippen LogP contribution in [0.2, 0.25) is 0 Å². The molecule has 0 heterocycles. The second-order valence-electron chi connectivity index (χ2n) is 3.47. The van der Waals surface area contributed by atoms with Gasteiger partial charge in [-0.15, -0.1) is 0 Å². The molecular formula is C8H19N3O4S. The topological polar surface area (TPSA) is 136 Å². The lowest BCUT2D eigenvalue weighted by Crippen LogP contribution is -2.42. The van der Waals surface area contributed by atoms with Gasteiger partial charge in [0.25, 0.3) is 10.1 Å². The summed E-state index contributed by atoms with van der Waals surface area (Å²) in [4.78, 5) is 11.3. The highest BCUT2D eigenvalue weighted by molar-refractivity contribution is 7.85. The molecule has 0 aromatic heterocycles. The van der Waals surface area contributed by atoms with Crippen molar-refractivity contribution in [1.29, 1.82) is 0 Å². The molecule has 8 heteroatoms. The first kappa shape index (κ1) is 15.3. The molecule has 0 saturated carbocycles. The lowest BCUT2D eigenvalue weighted by atomic mass is 10.1. The first-order valence-electron chi connectivity index (χ1n) is 5.05. The second-order valence-corrected chi connectivity index (χ2v) is 5.04. The van der Waals surface area contributed by atoms with Crippen molar-refractivity contribution in [2.24, 2.45) is 11.5 Å². The third kappa shape index (κ3) is 8.60. The number of carbonyl (C=O) groups excluding carboxylic acids is 1. The molecule has 7 nitrogen and oxygen atoms in total. The minimum Gasteiger partial charge on any atom is -0.354 e. The molecule has 96 valence electrons. The number of hydrogen-bond donors (Lipinski definition) is 4. The van der Waals surface area contributed by atoms with Crippen LogP contribution in [-0.4, -0.2) is 43.8 Å². The summed E-state index contributed by atoms with van der Waals surface area (Å²) < 4.78 is 29.1. The van der Waals surface area contributed by atoms with E-state index < -0.39 is 27.8 Å². The van der Waals surface area contributed by atoms with E-state index in [9.17, 15) is 13.2 Å². The third-order valence-electron chi connectivity index (χ3n) is 1.97. The van der Waals surface area contributed by atoms with Crippen LogP contribution in [0.25, 0.3) is 0 Å². The molecule has 0 rings (SSSR count). The van der Waals surface area contributed by atoms with Crippen LogP contribution >= 0.6 is 0 Å². The van der Waals surface area contributed by atoms with Crippen LogP contribution in [0, 0.1) is 0 Å². The zero-order valence-corrected chi connectivity index (χ0v) is 9.87. The number of hydrogen-bond acceptors (Lipinski definition) is 5. The second kappa shape index (κ2) is 7.55. The summed E-state index contributed by atoms with van der Waals surface area (Å²) in [5.41, 5.74) is 10.8. The molecule has 6 N–H and O–H groups in total. The largest absolute Gasteiger partial charge is 0.354 e. The monoisotopic (exact) mass is 253 g/mol. The molecule has 0 unspecified atom stereocenters. The molecule has 1 atom stereocenters. The predicted octanol–water partition coefficient (Wildman–Crippen LogP) is -1.55. The molecule has 1 amide bonds. The Morgan fingerprint density at radius 2 is 2.00 bits per heavy atom. The summed E-state index contributed by atoms with van der Waals surface area (Å²) in [5.74, 6) is -0.922. The van der Waals surface area contributed by atoms with Crippen LogP contribution in [0.1, 0.15) is 19.3 Å². The van der Waals surface area contributed by atoms with Gasteiger partial charge in [0.2, 0.25) is 5.91 Å². The van der Waals surface area contributed by atoms with Gasteiger partial charge in [0.05, 0.1) is 11.8 Å². The molecule has 0 aliphatic carbocycles. The van der Waals surface area contributed by atoms with Gasteiger partial charge < -0.3 is 16.8 Å². The van der Waals surface area contributed by atoms with Gasteiger partial charge in [0.1, 0.15) is 0 Å². The molecular weight excluding hydrogens is 234 g/mol. The number of rotatable bonds is 8. The Balaban J connectivity index is 3.71. The van der Waals surface area contributed by atoms with E-state index in [0.29, 0.717) is 13.0 Å². The zero-order chi connectivity index (χ0) is 12.6. The number of amides is 1. The summed E-state index contributed by atoms with van der Waals surface area (Å²) in [6.07, 6.45) is 2.06. The van der Waals surface area contributed by atoms with Crippen LogP contribution in [0.3, 0.4) is 0 Å². The summed E-state index contributed by atoms with van der Waals surface area (Å²) in [6.45, 7) is 0.416. The van der Waals surface area contributed by atoms with Crippen molar-refractivity contribution in [3.63, 3.8) is 0 Å². The average molecular weight is 253 g/mol. The molecule has 0 aromatic rings. The van der Waals surface area contributed by atoms with Gasteiger partial charge >= 0.3 is 0 Å². The van der Waals surface area contributed by atoms with Gasteiger partial charge in [0, 0.05) is 6.54 Å². The smallest absolute Gasteiger partial charge is 0.266 e. The molecule has 0 fully saturated rings. The maximum Gasteiger partial charge on any atom is 0.266 e. The van der Waals surface area contributed by atoms with Crippen LogP contribution in [0.5, 0.6) is 0 Å². The Labute approximate surface area is 95.3 Å². The fraction of sp³-hybridized carbons (Fsp3) is 0.875. The predicted molar refractivity (Wildman–Crippen MR) is 60.3 cm³/mol. The summed E-state index contributed by atoms with van der Waals surface area (Å²) in [7, 11) is -4.04. The van der Waals surface area contributed by atoms with Crippen LogP contribution in [0.4, 0.5) is 0 Å². The number of nitrogens with one attached hydrogen (secondary N) is 1. The minimum atomic E-state index is -4.04. The van der Waals surface area contributed by atoms with E-state index in [0.717, 1.165) is 12.8 Å². The van der Waals surface area contributed by atoms with Crippen molar-refractivity contribution in [3.8, 4) is 0 Å². The third-order valence-corrected chi connectivity index (χ3v) is 2.69. The zero-order valence-electron chi connectivity index (χ0n) is 9.05. The molecule has 0 saturated heterocycles. The van der Waals surface area contributed by atoms with Crippen LogP contribution < -0.4 is 16.8 Å². The number of nitrogens with two attached hydrogens (primary N) is 2. The average Bonchev–Trinajstić information content (AvgIpc) is 2.15. The van der Waals surface area contributed by atoms with Crippen molar-refractivity contribution in [1.82, 2.24) is 5.32 Å². The van der Waals surface area contributed by atoms with E-state index in [1.807, 2.05) is 0 Å². The first-order chi connectivity index (χ1) is 7.37. The van der Waals surface area contributed by atoms with Crippen molar-refractivity contribution in [2.75, 3.05) is 18.8 Å². The lowest BCUT2D eigenvalue weighted by Gasteiger charge is -2.11.